The van der Waals surface area contributed by atoms with Crippen molar-refractivity contribution < 1.29 is 22.4 Å². The second kappa shape index (κ2) is 7.02. The number of nitrogens with one attached hydrogen (secondary N) is 1. The maximum atomic E-state index is 12.9. The maximum Gasteiger partial charge on any atom is 0.267 e. The van der Waals surface area contributed by atoms with E-state index in [1.165, 1.54) is 4.31 Å². The Labute approximate surface area is 179 Å². The van der Waals surface area contributed by atoms with Crippen molar-refractivity contribution in [2.45, 2.75) is 13.0 Å². The van der Waals surface area contributed by atoms with Gasteiger partial charge in [-0.15, -0.1) is 0 Å². The molecule has 8 heteroatoms. The summed E-state index contributed by atoms with van der Waals surface area (Å²) in [4.78, 5) is 12.9. The number of benzene rings is 3. The number of hydrogen-bond acceptors (Lipinski definition) is 5. The molecule has 0 fully saturated rings. The van der Waals surface area contributed by atoms with Crippen LogP contribution in [0.5, 0.6) is 5.75 Å². The Morgan fingerprint density at radius 2 is 1.81 bits per heavy atom. The largest absolute Gasteiger partial charge is 0.476 e. The quantitative estimate of drug-likeness (QED) is 0.523. The highest BCUT2D eigenvalue weighted by molar-refractivity contribution is 7.92. The lowest BCUT2D eigenvalue weighted by Gasteiger charge is -2.34. The fourth-order valence-electron chi connectivity index (χ4n) is 3.84. The molecule has 1 amide bonds. The third-order valence-corrected chi connectivity index (χ3v) is 6.47. The van der Waals surface area contributed by atoms with E-state index in [9.17, 15) is 13.2 Å². The Kier molecular flexibility index (Phi) is 4.40. The molecule has 158 valence electrons. The van der Waals surface area contributed by atoms with Crippen molar-refractivity contribution in [3.05, 3.63) is 66.2 Å². The summed E-state index contributed by atoms with van der Waals surface area (Å²) in [5.74, 6) is -0.0782. The van der Waals surface area contributed by atoms with Gasteiger partial charge in [0.1, 0.15) is 16.9 Å². The topological polar surface area (TPSA) is 88.9 Å². The molecule has 0 radical (unpaired) electrons. The molecular weight excluding hydrogens is 416 g/mol. The number of fused-ring (bicyclic) bond motifs is 4. The normalized spacial score (nSPS) is 16.2. The maximum absolute atomic E-state index is 12.9. The molecule has 1 atom stereocenters. The van der Waals surface area contributed by atoms with Crippen molar-refractivity contribution in [3.8, 4) is 5.75 Å². The second-order valence-electron chi connectivity index (χ2n) is 7.67. The molecule has 5 rings (SSSR count). The van der Waals surface area contributed by atoms with Crippen LogP contribution in [0.25, 0.3) is 21.9 Å². The summed E-state index contributed by atoms with van der Waals surface area (Å²) in [6.45, 7) is 1.77. The van der Waals surface area contributed by atoms with E-state index >= 15 is 0 Å². The van der Waals surface area contributed by atoms with Crippen LogP contribution in [0.1, 0.15) is 5.56 Å². The summed E-state index contributed by atoms with van der Waals surface area (Å²) < 4.78 is 37.6. The van der Waals surface area contributed by atoms with Gasteiger partial charge in [-0.2, -0.15) is 0 Å². The molecular formula is C23H20N2O5S. The third kappa shape index (κ3) is 3.48. The van der Waals surface area contributed by atoms with E-state index in [4.69, 9.17) is 9.15 Å². The van der Waals surface area contributed by atoms with Gasteiger partial charge in [0.15, 0.2) is 6.10 Å². The molecule has 1 aliphatic rings. The number of anilines is 2. The van der Waals surface area contributed by atoms with Crippen LogP contribution in [0.3, 0.4) is 0 Å². The number of hydrogen-bond donors (Lipinski definition) is 1. The first-order valence-electron chi connectivity index (χ1n) is 9.77. The Hall–Kier alpha value is -3.52. The van der Waals surface area contributed by atoms with E-state index < -0.39 is 22.0 Å². The first kappa shape index (κ1) is 19.4. The molecule has 0 saturated heterocycles. The number of para-hydroxylation sites is 1. The van der Waals surface area contributed by atoms with Crippen LogP contribution >= 0.6 is 0 Å². The van der Waals surface area contributed by atoms with E-state index in [1.807, 2.05) is 43.3 Å². The number of aryl methyl sites for hydroxylation is 1. The molecule has 0 unspecified atom stereocenters. The molecule has 1 aliphatic heterocycles. The highest BCUT2D eigenvalue weighted by atomic mass is 32.2. The number of carbonyl (C=O) groups is 1. The number of nitrogens with zero attached hydrogens (tertiary/aromatic N) is 1. The van der Waals surface area contributed by atoms with Crippen molar-refractivity contribution in [2.24, 2.45) is 0 Å². The van der Waals surface area contributed by atoms with Gasteiger partial charge in [-0.05, 0) is 42.8 Å². The molecule has 2 heterocycles. The first-order chi connectivity index (χ1) is 14.8. The standard InChI is InChI=1S/C23H20N2O5S/c1-14-7-10-20-18(11-14)25(31(2,27)28)13-22(30-20)23(26)24-15-8-9-17-16-5-3-4-6-19(16)29-21(17)12-15/h3-12,22H,13H2,1-2H3,(H,24,26)/t22-/m0/s1. The second-order valence-corrected chi connectivity index (χ2v) is 9.58. The number of carbonyl (C=O) groups excluding carboxylic acids is 1. The lowest BCUT2D eigenvalue weighted by Crippen LogP contribution is -2.48. The van der Waals surface area contributed by atoms with E-state index in [0.717, 1.165) is 28.2 Å². The zero-order valence-electron chi connectivity index (χ0n) is 17.0. The van der Waals surface area contributed by atoms with Gasteiger partial charge >= 0.3 is 0 Å². The highest BCUT2D eigenvalue weighted by Crippen LogP contribution is 2.36. The molecule has 31 heavy (non-hydrogen) atoms. The van der Waals surface area contributed by atoms with Gasteiger partial charge in [0.2, 0.25) is 10.0 Å². The molecule has 1 N–H and O–H groups in total. The number of amides is 1. The fraction of sp³-hybridized carbons (Fsp3) is 0.174. The van der Waals surface area contributed by atoms with Gasteiger partial charge in [-0.25, -0.2) is 8.42 Å². The number of sulfonamides is 1. The van der Waals surface area contributed by atoms with Crippen LogP contribution in [-0.2, 0) is 14.8 Å². The third-order valence-electron chi connectivity index (χ3n) is 5.32. The van der Waals surface area contributed by atoms with Gasteiger partial charge in [0, 0.05) is 22.5 Å². The van der Waals surface area contributed by atoms with Crippen LogP contribution in [0.2, 0.25) is 0 Å². The number of furan rings is 1. The molecule has 0 bridgehead atoms. The van der Waals surface area contributed by atoms with Gasteiger partial charge in [-0.1, -0.05) is 24.3 Å². The van der Waals surface area contributed by atoms with Crippen LogP contribution in [0.4, 0.5) is 11.4 Å². The Bertz CT molecular complexity index is 1440. The van der Waals surface area contributed by atoms with Crippen molar-refractivity contribution in [1.82, 2.24) is 0 Å². The van der Waals surface area contributed by atoms with Crippen molar-refractivity contribution >= 4 is 49.2 Å². The van der Waals surface area contributed by atoms with E-state index in [1.54, 1.807) is 24.3 Å². The Balaban J connectivity index is 1.43. The number of rotatable bonds is 3. The summed E-state index contributed by atoms with van der Waals surface area (Å²) >= 11 is 0. The van der Waals surface area contributed by atoms with E-state index in [0.29, 0.717) is 22.7 Å². The summed E-state index contributed by atoms with van der Waals surface area (Å²) in [5.41, 5.74) is 3.31. The Morgan fingerprint density at radius 1 is 1.03 bits per heavy atom. The Morgan fingerprint density at radius 3 is 2.61 bits per heavy atom. The zero-order chi connectivity index (χ0) is 21.8. The highest BCUT2D eigenvalue weighted by Gasteiger charge is 2.35. The van der Waals surface area contributed by atoms with Crippen molar-refractivity contribution in [1.29, 1.82) is 0 Å². The van der Waals surface area contributed by atoms with Crippen molar-refractivity contribution in [2.75, 3.05) is 22.4 Å². The summed E-state index contributed by atoms with van der Waals surface area (Å²) in [6, 6.07) is 18.4. The van der Waals surface area contributed by atoms with E-state index in [-0.39, 0.29) is 6.54 Å². The predicted molar refractivity (Wildman–Crippen MR) is 120 cm³/mol. The van der Waals surface area contributed by atoms with Crippen LogP contribution < -0.4 is 14.4 Å². The number of ether oxygens (including phenoxy) is 1. The average molecular weight is 436 g/mol. The van der Waals surface area contributed by atoms with Crippen molar-refractivity contribution in [3.63, 3.8) is 0 Å². The smallest absolute Gasteiger partial charge is 0.267 e. The van der Waals surface area contributed by atoms with Crippen LogP contribution in [0.15, 0.2) is 65.1 Å². The molecule has 1 aromatic heterocycles. The molecule has 7 nitrogen and oxygen atoms in total. The van der Waals surface area contributed by atoms with Crippen LogP contribution in [0, 0.1) is 6.92 Å². The minimum absolute atomic E-state index is 0.103. The lowest BCUT2D eigenvalue weighted by atomic mass is 10.1. The summed E-state index contributed by atoms with van der Waals surface area (Å²) in [6.07, 6.45) is 0.130. The van der Waals surface area contributed by atoms with Gasteiger partial charge in [0.25, 0.3) is 5.91 Å². The molecule has 0 aliphatic carbocycles. The predicted octanol–water partition coefficient (Wildman–Crippen LogP) is 4.06. The molecule has 0 spiro atoms. The SMILES string of the molecule is Cc1ccc2c(c1)N(S(C)(=O)=O)C[C@@H](C(=O)Nc1ccc3c(c1)oc1ccccc13)O2. The van der Waals surface area contributed by atoms with Crippen LogP contribution in [-0.4, -0.2) is 33.2 Å². The van der Waals surface area contributed by atoms with Gasteiger partial charge in [-0.3, -0.25) is 9.10 Å². The molecule has 0 saturated carbocycles. The van der Waals surface area contributed by atoms with Gasteiger partial charge in [0.05, 0.1) is 18.5 Å². The lowest BCUT2D eigenvalue weighted by molar-refractivity contribution is -0.122. The molecule has 3 aromatic carbocycles. The zero-order valence-corrected chi connectivity index (χ0v) is 17.8. The molecule has 4 aromatic rings. The van der Waals surface area contributed by atoms with Gasteiger partial charge < -0.3 is 14.5 Å². The summed E-state index contributed by atoms with van der Waals surface area (Å²) in [7, 11) is -3.58. The summed E-state index contributed by atoms with van der Waals surface area (Å²) in [5, 5.41) is 4.77. The minimum Gasteiger partial charge on any atom is -0.476 e. The monoisotopic (exact) mass is 436 g/mol. The minimum atomic E-state index is -3.58. The van der Waals surface area contributed by atoms with E-state index in [2.05, 4.69) is 5.32 Å². The fourth-order valence-corrected chi connectivity index (χ4v) is 4.74. The average Bonchev–Trinajstić information content (AvgIpc) is 3.10. The first-order valence-corrected chi connectivity index (χ1v) is 11.6.